The molecule has 14 heavy (non-hydrogen) atoms. The van der Waals surface area contributed by atoms with Gasteiger partial charge < -0.3 is 22.3 Å². The first-order valence-corrected chi connectivity index (χ1v) is 3.73. The molecular formula is C7H14N6O. The van der Waals surface area contributed by atoms with Gasteiger partial charge in [0.2, 0.25) is 17.8 Å². The zero-order valence-electron chi connectivity index (χ0n) is 7.94. The highest BCUT2D eigenvalue weighted by Gasteiger charge is 1.93. The fourth-order valence-corrected chi connectivity index (χ4v) is 0.427. The molecule has 0 radical (unpaired) electrons. The van der Waals surface area contributed by atoms with Crippen molar-refractivity contribution in [2.24, 2.45) is 0 Å². The van der Waals surface area contributed by atoms with Gasteiger partial charge in [-0.05, 0) is 6.92 Å². The van der Waals surface area contributed by atoms with E-state index in [4.69, 9.17) is 22.3 Å². The highest BCUT2D eigenvalue weighted by atomic mass is 16.3. The van der Waals surface area contributed by atoms with Gasteiger partial charge in [0.15, 0.2) is 0 Å². The molecule has 78 valence electrons. The van der Waals surface area contributed by atoms with E-state index in [1.165, 1.54) is 0 Å². The van der Waals surface area contributed by atoms with Crippen molar-refractivity contribution in [3.8, 4) is 0 Å². The number of aliphatic hydroxyl groups is 1. The zero-order chi connectivity index (χ0) is 11.1. The molecule has 0 atom stereocenters. The Hall–Kier alpha value is -1.89. The minimum atomic E-state index is 0.0417. The first-order valence-electron chi connectivity index (χ1n) is 3.73. The lowest BCUT2D eigenvalue weighted by molar-refractivity contribution is 0.332. The molecule has 0 aliphatic heterocycles. The number of nitrogens with zero attached hydrogens (tertiary/aromatic N) is 3. The first-order chi connectivity index (χ1) is 6.45. The predicted molar refractivity (Wildman–Crippen MR) is 55.0 cm³/mol. The van der Waals surface area contributed by atoms with Crippen molar-refractivity contribution in [2.75, 3.05) is 23.8 Å². The summed E-state index contributed by atoms with van der Waals surface area (Å²) in [5, 5.41) is 8.04. The fraction of sp³-hybridized carbons (Fsp3) is 0.286. The Morgan fingerprint density at radius 2 is 1.36 bits per heavy atom. The second-order valence-corrected chi connectivity index (χ2v) is 2.53. The molecule has 1 aromatic rings. The molecule has 1 aromatic heterocycles. The van der Waals surface area contributed by atoms with E-state index in [2.05, 4.69) is 21.5 Å². The van der Waals surface area contributed by atoms with Gasteiger partial charge in [-0.15, -0.1) is 0 Å². The number of anilines is 3. The Morgan fingerprint density at radius 3 is 1.50 bits per heavy atom. The monoisotopic (exact) mass is 198 g/mol. The van der Waals surface area contributed by atoms with Crippen molar-refractivity contribution < 1.29 is 5.11 Å². The van der Waals surface area contributed by atoms with Crippen molar-refractivity contribution in [3.05, 3.63) is 12.2 Å². The van der Waals surface area contributed by atoms with Gasteiger partial charge in [0.1, 0.15) is 0 Å². The summed E-state index contributed by atoms with van der Waals surface area (Å²) in [6, 6.07) is 0. The largest absolute Gasteiger partial charge is 0.392 e. The molecule has 0 aliphatic carbocycles. The van der Waals surface area contributed by atoms with Gasteiger partial charge in [-0.3, -0.25) is 0 Å². The van der Waals surface area contributed by atoms with Crippen LogP contribution in [0.15, 0.2) is 12.2 Å². The minimum absolute atomic E-state index is 0.0417. The quantitative estimate of drug-likeness (QED) is 0.432. The fourth-order valence-electron chi connectivity index (χ4n) is 0.427. The van der Waals surface area contributed by atoms with Gasteiger partial charge in [0.25, 0.3) is 0 Å². The third-order valence-electron chi connectivity index (χ3n) is 0.957. The van der Waals surface area contributed by atoms with Gasteiger partial charge in [-0.25, -0.2) is 0 Å². The normalized spacial score (nSPS) is 8.71. The third kappa shape index (κ3) is 5.72. The van der Waals surface area contributed by atoms with E-state index < -0.39 is 0 Å². The Bertz CT molecular complexity index is 263. The summed E-state index contributed by atoms with van der Waals surface area (Å²) in [5.74, 6) is 0.125. The highest BCUT2D eigenvalue weighted by Crippen LogP contribution is 1.97. The molecule has 0 bridgehead atoms. The van der Waals surface area contributed by atoms with Crippen LogP contribution < -0.4 is 17.2 Å². The van der Waals surface area contributed by atoms with Crippen LogP contribution in [0.3, 0.4) is 0 Å². The van der Waals surface area contributed by atoms with Crippen molar-refractivity contribution in [3.63, 3.8) is 0 Å². The summed E-state index contributed by atoms with van der Waals surface area (Å²) in [6.07, 6.45) is 0. The van der Waals surface area contributed by atoms with Gasteiger partial charge in [0, 0.05) is 0 Å². The Balaban J connectivity index is 0.000000292. The van der Waals surface area contributed by atoms with Crippen LogP contribution in [0.4, 0.5) is 17.8 Å². The van der Waals surface area contributed by atoms with Crippen LogP contribution in [-0.4, -0.2) is 26.7 Å². The average Bonchev–Trinajstić information content (AvgIpc) is 2.02. The van der Waals surface area contributed by atoms with E-state index in [1.54, 1.807) is 6.92 Å². The SMILES string of the molecule is C=C(C)CO.Nc1nc(N)nc(N)n1. The number of aliphatic hydroxyl groups excluding tert-OH is 1. The van der Waals surface area contributed by atoms with E-state index in [1.807, 2.05) is 0 Å². The van der Waals surface area contributed by atoms with E-state index in [-0.39, 0.29) is 24.5 Å². The van der Waals surface area contributed by atoms with Crippen molar-refractivity contribution >= 4 is 17.8 Å². The van der Waals surface area contributed by atoms with Crippen LogP contribution in [0, 0.1) is 0 Å². The molecule has 0 aromatic carbocycles. The number of hydrogen-bond donors (Lipinski definition) is 4. The Labute approximate surface area is 81.7 Å². The van der Waals surface area contributed by atoms with E-state index in [0.717, 1.165) is 5.57 Å². The van der Waals surface area contributed by atoms with E-state index in [0.29, 0.717) is 0 Å². The van der Waals surface area contributed by atoms with Crippen LogP contribution >= 0.6 is 0 Å². The summed E-state index contributed by atoms with van der Waals surface area (Å²) >= 11 is 0. The lowest BCUT2D eigenvalue weighted by Crippen LogP contribution is -2.05. The molecule has 0 fully saturated rings. The van der Waals surface area contributed by atoms with Crippen LogP contribution in [0.1, 0.15) is 6.92 Å². The topological polar surface area (TPSA) is 137 Å². The molecule has 7 nitrogen and oxygen atoms in total. The maximum atomic E-state index is 8.04. The second kappa shape index (κ2) is 5.70. The predicted octanol–water partition coefficient (Wildman–Crippen LogP) is -0.827. The molecular weight excluding hydrogens is 184 g/mol. The number of rotatable bonds is 1. The molecule has 1 heterocycles. The van der Waals surface area contributed by atoms with Crippen LogP contribution in [0.25, 0.3) is 0 Å². The van der Waals surface area contributed by atoms with Crippen molar-refractivity contribution in [2.45, 2.75) is 6.92 Å². The molecule has 0 aliphatic rings. The summed E-state index contributed by atoms with van der Waals surface area (Å²) < 4.78 is 0. The molecule has 7 heteroatoms. The van der Waals surface area contributed by atoms with Crippen LogP contribution in [0.5, 0.6) is 0 Å². The molecule has 7 N–H and O–H groups in total. The van der Waals surface area contributed by atoms with Crippen molar-refractivity contribution in [1.29, 1.82) is 0 Å². The highest BCUT2D eigenvalue weighted by molar-refractivity contribution is 5.33. The number of nitrogen functional groups attached to an aromatic ring is 3. The van der Waals surface area contributed by atoms with Crippen molar-refractivity contribution in [1.82, 2.24) is 15.0 Å². The summed E-state index contributed by atoms with van der Waals surface area (Å²) in [4.78, 5) is 10.5. The number of aromatic nitrogens is 3. The summed E-state index contributed by atoms with van der Waals surface area (Å²) in [6.45, 7) is 5.31. The lowest BCUT2D eigenvalue weighted by atomic mass is 10.4. The molecule has 1 rings (SSSR count). The van der Waals surface area contributed by atoms with Gasteiger partial charge in [0.05, 0.1) is 6.61 Å². The van der Waals surface area contributed by atoms with Crippen LogP contribution in [0.2, 0.25) is 0 Å². The Morgan fingerprint density at radius 1 is 1.14 bits per heavy atom. The minimum Gasteiger partial charge on any atom is -0.392 e. The summed E-state index contributed by atoms with van der Waals surface area (Å²) in [5.41, 5.74) is 16.2. The maximum absolute atomic E-state index is 8.04. The van der Waals surface area contributed by atoms with E-state index in [9.17, 15) is 0 Å². The van der Waals surface area contributed by atoms with Crippen LogP contribution in [-0.2, 0) is 0 Å². The molecule has 0 unspecified atom stereocenters. The Kier molecular flexibility index (Phi) is 4.93. The van der Waals surface area contributed by atoms with E-state index >= 15 is 0 Å². The first kappa shape index (κ1) is 12.1. The maximum Gasteiger partial charge on any atom is 0.226 e. The molecule has 0 spiro atoms. The third-order valence-corrected chi connectivity index (χ3v) is 0.957. The lowest BCUT2D eigenvalue weighted by Gasteiger charge is -1.93. The zero-order valence-corrected chi connectivity index (χ0v) is 7.94. The van der Waals surface area contributed by atoms with Gasteiger partial charge >= 0.3 is 0 Å². The second-order valence-electron chi connectivity index (χ2n) is 2.53. The summed E-state index contributed by atoms with van der Waals surface area (Å²) in [7, 11) is 0. The molecule has 0 saturated carbocycles. The molecule has 0 saturated heterocycles. The standard InChI is InChI=1S/C4H8O.C3H6N6/c1-4(2)3-5;4-1-7-2(5)9-3(6)8-1/h5H,1,3H2,2H3;(H6,4,5,6,7,8,9). The number of nitrogens with two attached hydrogens (primary N) is 3. The average molecular weight is 198 g/mol. The van der Waals surface area contributed by atoms with Gasteiger partial charge in [-0.2, -0.15) is 15.0 Å². The van der Waals surface area contributed by atoms with Gasteiger partial charge in [-0.1, -0.05) is 12.2 Å². The molecule has 0 amide bonds. The number of hydrogen-bond acceptors (Lipinski definition) is 7. The smallest absolute Gasteiger partial charge is 0.226 e.